The Kier molecular flexibility index (Phi) is 7.48. The molecule has 43 heavy (non-hydrogen) atoms. The molecule has 0 saturated heterocycles. The highest BCUT2D eigenvalue weighted by atomic mass is 16.4. The molecular weight excluding hydrogens is 539 g/mol. The van der Waals surface area contributed by atoms with E-state index in [1.807, 2.05) is 91.6 Å². The number of nitrogens with zero attached hydrogens (tertiary/aromatic N) is 2. The van der Waals surface area contributed by atoms with Crippen LogP contribution in [0, 0.1) is 0 Å². The molecule has 1 aliphatic carbocycles. The maximum atomic E-state index is 13.5. The minimum atomic E-state index is -1.03. The van der Waals surface area contributed by atoms with E-state index in [0.717, 1.165) is 32.9 Å². The second-order valence-electron chi connectivity index (χ2n) is 11.1. The lowest BCUT2D eigenvalue weighted by atomic mass is 9.84. The van der Waals surface area contributed by atoms with Crippen LogP contribution in [-0.2, 0) is 13.1 Å². The fraction of sp³-hybridized carbons (Fsp3) is 0.143. The maximum absolute atomic E-state index is 13.5. The molecule has 2 N–H and O–H groups in total. The van der Waals surface area contributed by atoms with Crippen LogP contribution in [0.15, 0.2) is 100 Å². The summed E-state index contributed by atoms with van der Waals surface area (Å²) in [5.41, 5.74) is 5.98. The van der Waals surface area contributed by atoms with Crippen molar-refractivity contribution in [2.24, 2.45) is 0 Å². The molecule has 1 heterocycles. The molecule has 0 radical (unpaired) electrons. The molecule has 4 aromatic rings. The monoisotopic (exact) mass is 570 g/mol. The number of fused-ring (bicyclic) bond motifs is 4. The van der Waals surface area contributed by atoms with Gasteiger partial charge in [0, 0.05) is 66.4 Å². The van der Waals surface area contributed by atoms with Crippen molar-refractivity contribution >= 4 is 46.3 Å². The minimum absolute atomic E-state index is 0.0567. The van der Waals surface area contributed by atoms with Gasteiger partial charge in [-0.15, -0.1) is 0 Å². The van der Waals surface area contributed by atoms with Gasteiger partial charge in [0.15, 0.2) is 5.43 Å². The topological polar surface area (TPSA) is 94.2 Å². The molecule has 0 spiro atoms. The van der Waals surface area contributed by atoms with Crippen LogP contribution in [0.1, 0.15) is 21.5 Å². The summed E-state index contributed by atoms with van der Waals surface area (Å²) >= 11 is 0. The zero-order valence-corrected chi connectivity index (χ0v) is 24.3. The average Bonchev–Trinajstić information content (AvgIpc) is 3.00. The summed E-state index contributed by atoms with van der Waals surface area (Å²) < 4.78 is 6.49. The van der Waals surface area contributed by atoms with Gasteiger partial charge in [-0.25, -0.2) is 4.79 Å². The summed E-state index contributed by atoms with van der Waals surface area (Å²) in [7, 11) is 5.84. The smallest absolute Gasteiger partial charge is 0.336 e. The SMILES string of the molecule is CN(Cc1ccccc1BO)Cc1cc2c(-c3ccccc3C(=O)O)c3ccc4cc(N(C)C)ccc4c3oc-2cc1=O. The molecule has 0 unspecified atom stereocenters. The zero-order chi connectivity index (χ0) is 30.2. The Morgan fingerprint density at radius 2 is 1.53 bits per heavy atom. The first-order valence-corrected chi connectivity index (χ1v) is 14.1. The summed E-state index contributed by atoms with van der Waals surface area (Å²) in [6.07, 6.45) is 0. The highest BCUT2D eigenvalue weighted by molar-refractivity contribution is 6.46. The third-order valence-corrected chi connectivity index (χ3v) is 7.98. The number of aromatic carboxylic acids is 1. The van der Waals surface area contributed by atoms with Gasteiger partial charge in [-0.05, 0) is 65.4 Å². The molecule has 0 bridgehead atoms. The van der Waals surface area contributed by atoms with Crippen molar-refractivity contribution in [3.8, 4) is 22.5 Å². The summed E-state index contributed by atoms with van der Waals surface area (Å²) in [6.45, 7) is 0.906. The number of rotatable bonds is 8. The number of hydrogen-bond acceptors (Lipinski definition) is 6. The molecule has 1 aliphatic heterocycles. The molecule has 2 aliphatic rings. The molecule has 0 saturated carbocycles. The van der Waals surface area contributed by atoms with Gasteiger partial charge in [-0.2, -0.15) is 0 Å². The van der Waals surface area contributed by atoms with Crippen LogP contribution in [0.4, 0.5) is 5.69 Å². The molecule has 4 aromatic carbocycles. The third-order valence-electron chi connectivity index (χ3n) is 7.98. The Hall–Kier alpha value is -4.92. The van der Waals surface area contributed by atoms with Crippen LogP contribution in [0.5, 0.6) is 0 Å². The standard InChI is InChI=1S/C35H31BN2O5/c1-37(2)24-13-15-25-21(16-24)12-14-28-33(26-9-5-6-10-27(26)35(40)41)29-17-23(31(39)18-32(29)43-34(25)28)20-38(3)19-22-8-4-7-11-30(22)36-42/h4-18,36,42H,19-20H2,1-3H3,(H,40,41). The molecule has 6 rings (SSSR count). The van der Waals surface area contributed by atoms with E-state index in [0.29, 0.717) is 46.7 Å². The first-order chi connectivity index (χ1) is 20.7. The van der Waals surface area contributed by atoms with Gasteiger partial charge in [0.25, 0.3) is 0 Å². The first-order valence-electron chi connectivity index (χ1n) is 14.1. The molecule has 7 nitrogen and oxygen atoms in total. The lowest BCUT2D eigenvalue weighted by molar-refractivity contribution is 0.0697. The van der Waals surface area contributed by atoms with E-state index >= 15 is 0 Å². The predicted octanol–water partition coefficient (Wildman–Crippen LogP) is 5.08. The van der Waals surface area contributed by atoms with Crippen LogP contribution in [0.25, 0.3) is 44.2 Å². The Morgan fingerprint density at radius 3 is 2.30 bits per heavy atom. The second-order valence-corrected chi connectivity index (χ2v) is 11.1. The van der Waals surface area contributed by atoms with E-state index in [4.69, 9.17) is 4.42 Å². The molecule has 0 fully saturated rings. The number of benzene rings is 5. The van der Waals surface area contributed by atoms with Crippen molar-refractivity contribution in [2.45, 2.75) is 13.1 Å². The second kappa shape index (κ2) is 11.4. The van der Waals surface area contributed by atoms with Gasteiger partial charge in [0.2, 0.25) is 0 Å². The third kappa shape index (κ3) is 5.27. The van der Waals surface area contributed by atoms with Gasteiger partial charge in [0.1, 0.15) is 11.3 Å². The van der Waals surface area contributed by atoms with Crippen molar-refractivity contribution < 1.29 is 19.3 Å². The van der Waals surface area contributed by atoms with E-state index in [-0.39, 0.29) is 18.5 Å². The molecule has 0 amide bonds. The summed E-state index contributed by atoms with van der Waals surface area (Å²) in [5, 5.41) is 22.5. The highest BCUT2D eigenvalue weighted by Gasteiger charge is 2.24. The van der Waals surface area contributed by atoms with Gasteiger partial charge < -0.3 is 19.4 Å². The van der Waals surface area contributed by atoms with E-state index in [2.05, 4.69) is 6.07 Å². The van der Waals surface area contributed by atoms with Gasteiger partial charge in [0.05, 0.1) is 5.56 Å². The lowest BCUT2D eigenvalue weighted by Crippen LogP contribution is -2.27. The highest BCUT2D eigenvalue weighted by Crippen LogP contribution is 2.43. The van der Waals surface area contributed by atoms with E-state index < -0.39 is 5.97 Å². The molecule has 0 atom stereocenters. The number of anilines is 1. The molecule has 0 aromatic heterocycles. The van der Waals surface area contributed by atoms with Crippen molar-refractivity contribution in [3.63, 3.8) is 0 Å². The summed E-state index contributed by atoms with van der Waals surface area (Å²) in [5.74, 6) is -0.633. The fourth-order valence-corrected chi connectivity index (χ4v) is 5.82. The Bertz CT molecular complexity index is 2030. The van der Waals surface area contributed by atoms with E-state index in [9.17, 15) is 19.7 Å². The number of carboxylic acids is 1. The van der Waals surface area contributed by atoms with E-state index in [1.54, 1.807) is 18.2 Å². The minimum Gasteiger partial charge on any atom is -0.478 e. The van der Waals surface area contributed by atoms with Crippen LogP contribution in [0.3, 0.4) is 0 Å². The average molecular weight is 570 g/mol. The van der Waals surface area contributed by atoms with Crippen molar-refractivity contribution in [2.75, 3.05) is 26.0 Å². The quantitative estimate of drug-likeness (QED) is 0.150. The zero-order valence-electron chi connectivity index (χ0n) is 24.3. The molecular formula is C35H31BN2O5. The lowest BCUT2D eigenvalue weighted by Gasteiger charge is -2.21. The largest absolute Gasteiger partial charge is 0.478 e. The van der Waals surface area contributed by atoms with Crippen molar-refractivity contribution in [1.82, 2.24) is 4.90 Å². The normalized spacial score (nSPS) is 11.5. The van der Waals surface area contributed by atoms with Crippen molar-refractivity contribution in [1.29, 1.82) is 0 Å². The van der Waals surface area contributed by atoms with Gasteiger partial charge in [-0.1, -0.05) is 48.5 Å². The molecule has 214 valence electrons. The predicted molar refractivity (Wildman–Crippen MR) is 174 cm³/mol. The summed E-state index contributed by atoms with van der Waals surface area (Å²) in [6, 6.07) is 28.1. The maximum Gasteiger partial charge on any atom is 0.336 e. The Labute approximate surface area is 249 Å². The molecule has 8 heteroatoms. The van der Waals surface area contributed by atoms with Crippen LogP contribution >= 0.6 is 0 Å². The van der Waals surface area contributed by atoms with Crippen LogP contribution in [0.2, 0.25) is 0 Å². The van der Waals surface area contributed by atoms with Gasteiger partial charge >= 0.3 is 13.5 Å². The Balaban J connectivity index is 1.57. The first kappa shape index (κ1) is 28.2. The van der Waals surface area contributed by atoms with Gasteiger partial charge in [-0.3, -0.25) is 9.69 Å². The van der Waals surface area contributed by atoms with Crippen molar-refractivity contribution in [3.05, 3.63) is 118 Å². The number of hydrogen-bond donors (Lipinski definition) is 2. The van der Waals surface area contributed by atoms with Crippen LogP contribution in [-0.4, -0.2) is 49.6 Å². The number of carboxylic acid groups (broad SMARTS) is 1. The number of carbonyl (C=O) groups is 1. The summed E-state index contributed by atoms with van der Waals surface area (Å²) in [4.78, 5) is 29.9. The van der Waals surface area contributed by atoms with Crippen LogP contribution < -0.4 is 15.8 Å². The van der Waals surface area contributed by atoms with E-state index in [1.165, 1.54) is 6.07 Å². The Morgan fingerprint density at radius 1 is 0.814 bits per heavy atom. The fourth-order valence-electron chi connectivity index (χ4n) is 5.82.